The Kier molecular flexibility index (Phi) is 3.21. The van der Waals surface area contributed by atoms with Crippen molar-refractivity contribution in [2.45, 2.75) is 6.43 Å². The average Bonchev–Trinajstić information content (AvgIpc) is 2.48. The lowest BCUT2D eigenvalue weighted by Crippen LogP contribution is -2.05. The zero-order valence-electron chi connectivity index (χ0n) is 10.6. The maximum atomic E-state index is 14.1. The maximum absolute atomic E-state index is 14.1. The van der Waals surface area contributed by atoms with Crippen LogP contribution in [0.5, 0.6) is 0 Å². The van der Waals surface area contributed by atoms with E-state index in [1.165, 1.54) is 24.4 Å². The minimum Gasteiger partial charge on any atom is -0.329 e. The molecule has 0 saturated carbocycles. The lowest BCUT2D eigenvalue weighted by molar-refractivity contribution is 0.151. The van der Waals surface area contributed by atoms with Crippen molar-refractivity contribution in [1.82, 2.24) is 9.97 Å². The molecule has 0 aliphatic heterocycles. The van der Waals surface area contributed by atoms with Gasteiger partial charge in [-0.1, -0.05) is 0 Å². The number of hydrogen-bond donors (Lipinski definition) is 1. The standard InChI is InChI=1S/C15H9F3N2O/c16-12-6-10-8(3-4-19-15(10)21)5-11(12)13-2-1-9(7-20-13)14(17)18/h1-7,14H,(H,19,21). The first-order valence-corrected chi connectivity index (χ1v) is 6.11. The highest BCUT2D eigenvalue weighted by Gasteiger charge is 2.12. The molecule has 0 fully saturated rings. The fourth-order valence-electron chi connectivity index (χ4n) is 2.10. The van der Waals surface area contributed by atoms with Gasteiger partial charge in [0.25, 0.3) is 12.0 Å². The van der Waals surface area contributed by atoms with Crippen LogP contribution in [0.1, 0.15) is 12.0 Å². The number of aromatic nitrogens is 2. The van der Waals surface area contributed by atoms with Crippen LogP contribution in [0, 0.1) is 5.82 Å². The molecule has 106 valence electrons. The van der Waals surface area contributed by atoms with E-state index in [9.17, 15) is 18.0 Å². The zero-order chi connectivity index (χ0) is 15.0. The fraction of sp³-hybridized carbons (Fsp3) is 0.0667. The number of nitrogens with zero attached hydrogens (tertiary/aromatic N) is 1. The number of rotatable bonds is 2. The Labute approximate surface area is 117 Å². The summed E-state index contributed by atoms with van der Waals surface area (Å²) in [6.07, 6.45) is -0.146. The molecule has 0 amide bonds. The molecule has 0 bridgehead atoms. The maximum Gasteiger partial charge on any atom is 0.265 e. The van der Waals surface area contributed by atoms with Gasteiger partial charge in [0, 0.05) is 28.9 Å². The molecule has 0 radical (unpaired) electrons. The molecule has 0 spiro atoms. The summed E-state index contributed by atoms with van der Waals surface area (Å²) in [5.74, 6) is -0.628. The van der Waals surface area contributed by atoms with Crippen LogP contribution in [0.4, 0.5) is 13.2 Å². The van der Waals surface area contributed by atoms with E-state index in [1.54, 1.807) is 6.07 Å². The van der Waals surface area contributed by atoms with Crippen molar-refractivity contribution in [3.63, 3.8) is 0 Å². The van der Waals surface area contributed by atoms with Gasteiger partial charge in [0.05, 0.1) is 5.69 Å². The molecule has 0 aliphatic carbocycles. The molecule has 0 unspecified atom stereocenters. The van der Waals surface area contributed by atoms with Crippen LogP contribution in [-0.4, -0.2) is 9.97 Å². The summed E-state index contributed by atoms with van der Waals surface area (Å²) in [6, 6.07) is 6.76. The quantitative estimate of drug-likeness (QED) is 0.782. The van der Waals surface area contributed by atoms with Gasteiger partial charge in [-0.2, -0.15) is 0 Å². The van der Waals surface area contributed by atoms with E-state index in [0.29, 0.717) is 5.39 Å². The van der Waals surface area contributed by atoms with Crippen LogP contribution in [0.3, 0.4) is 0 Å². The predicted molar refractivity (Wildman–Crippen MR) is 72.7 cm³/mol. The predicted octanol–water partition coefficient (Wildman–Crippen LogP) is 3.67. The van der Waals surface area contributed by atoms with Crippen molar-refractivity contribution in [3.8, 4) is 11.3 Å². The van der Waals surface area contributed by atoms with Gasteiger partial charge in [-0.3, -0.25) is 9.78 Å². The van der Waals surface area contributed by atoms with Gasteiger partial charge in [0.2, 0.25) is 0 Å². The molecule has 1 N–H and O–H groups in total. The van der Waals surface area contributed by atoms with Crippen LogP contribution < -0.4 is 5.56 Å². The number of alkyl halides is 2. The van der Waals surface area contributed by atoms with E-state index in [2.05, 4.69) is 9.97 Å². The Hall–Kier alpha value is -2.63. The highest BCUT2D eigenvalue weighted by Crippen LogP contribution is 2.26. The Bertz CT molecular complexity index is 857. The third-order valence-corrected chi connectivity index (χ3v) is 3.18. The number of hydrogen-bond acceptors (Lipinski definition) is 2. The van der Waals surface area contributed by atoms with Crippen molar-refractivity contribution in [2.24, 2.45) is 0 Å². The molecule has 1 aromatic carbocycles. The van der Waals surface area contributed by atoms with Crippen LogP contribution in [0.25, 0.3) is 22.0 Å². The molecule has 0 aliphatic rings. The molecule has 6 heteroatoms. The first-order valence-electron chi connectivity index (χ1n) is 6.11. The van der Waals surface area contributed by atoms with Crippen LogP contribution >= 0.6 is 0 Å². The third kappa shape index (κ3) is 2.40. The van der Waals surface area contributed by atoms with Crippen molar-refractivity contribution in [1.29, 1.82) is 0 Å². The molecule has 3 rings (SSSR count). The first-order chi connectivity index (χ1) is 10.1. The lowest BCUT2D eigenvalue weighted by atomic mass is 10.0. The van der Waals surface area contributed by atoms with E-state index >= 15 is 0 Å². The SMILES string of the molecule is O=c1[nH]ccc2cc(-c3ccc(C(F)F)cn3)c(F)cc12. The second-order valence-electron chi connectivity index (χ2n) is 4.50. The average molecular weight is 290 g/mol. The van der Waals surface area contributed by atoms with E-state index < -0.39 is 12.2 Å². The Morgan fingerprint density at radius 2 is 1.95 bits per heavy atom. The van der Waals surface area contributed by atoms with Crippen molar-refractivity contribution in [2.75, 3.05) is 0 Å². The summed E-state index contributed by atoms with van der Waals surface area (Å²) in [5, 5.41) is 0.776. The summed E-state index contributed by atoms with van der Waals surface area (Å²) in [6.45, 7) is 0. The Morgan fingerprint density at radius 3 is 2.62 bits per heavy atom. The molecular formula is C15H9F3N2O. The normalized spacial score (nSPS) is 11.2. The van der Waals surface area contributed by atoms with Crippen molar-refractivity contribution >= 4 is 10.8 Å². The Balaban J connectivity index is 2.16. The first kappa shape index (κ1) is 13.4. The highest BCUT2D eigenvalue weighted by atomic mass is 19.3. The smallest absolute Gasteiger partial charge is 0.265 e. The van der Waals surface area contributed by atoms with Crippen LogP contribution in [0.15, 0.2) is 47.5 Å². The highest BCUT2D eigenvalue weighted by molar-refractivity contribution is 5.86. The summed E-state index contributed by atoms with van der Waals surface area (Å²) >= 11 is 0. The molecular weight excluding hydrogens is 281 g/mol. The topological polar surface area (TPSA) is 45.8 Å². The van der Waals surface area contributed by atoms with Crippen molar-refractivity contribution < 1.29 is 13.2 Å². The second kappa shape index (κ2) is 5.05. The van der Waals surface area contributed by atoms with Gasteiger partial charge in [0.1, 0.15) is 5.82 Å². The summed E-state index contributed by atoms with van der Waals surface area (Å²) in [5.41, 5.74) is -0.219. The van der Waals surface area contributed by atoms with Crippen LogP contribution in [-0.2, 0) is 0 Å². The fourth-order valence-corrected chi connectivity index (χ4v) is 2.10. The Morgan fingerprint density at radius 1 is 1.14 bits per heavy atom. The molecule has 2 heterocycles. The second-order valence-corrected chi connectivity index (χ2v) is 4.50. The third-order valence-electron chi connectivity index (χ3n) is 3.18. The van der Waals surface area contributed by atoms with Gasteiger partial charge < -0.3 is 4.98 Å². The lowest BCUT2D eigenvalue weighted by Gasteiger charge is -2.06. The summed E-state index contributed by atoms with van der Waals surface area (Å²) in [7, 11) is 0. The molecule has 0 atom stereocenters. The van der Waals surface area contributed by atoms with Gasteiger partial charge in [-0.25, -0.2) is 13.2 Å². The zero-order valence-corrected chi connectivity index (χ0v) is 10.6. The molecule has 3 nitrogen and oxygen atoms in total. The molecule has 0 saturated heterocycles. The minimum absolute atomic E-state index is 0.161. The number of benzene rings is 1. The number of nitrogens with one attached hydrogen (secondary N) is 1. The minimum atomic E-state index is -2.62. The summed E-state index contributed by atoms with van der Waals surface area (Å²) in [4.78, 5) is 17.9. The van der Waals surface area contributed by atoms with E-state index in [1.807, 2.05) is 0 Å². The van der Waals surface area contributed by atoms with Gasteiger partial charge in [-0.15, -0.1) is 0 Å². The van der Waals surface area contributed by atoms with E-state index in [-0.39, 0.29) is 27.8 Å². The van der Waals surface area contributed by atoms with Gasteiger partial charge in [0.15, 0.2) is 0 Å². The van der Waals surface area contributed by atoms with Crippen molar-refractivity contribution in [3.05, 3.63) is 64.5 Å². The number of pyridine rings is 2. The monoisotopic (exact) mass is 290 g/mol. The number of fused-ring (bicyclic) bond motifs is 1. The van der Waals surface area contributed by atoms with Gasteiger partial charge in [-0.05, 0) is 35.7 Å². The number of aromatic amines is 1. The van der Waals surface area contributed by atoms with Crippen LogP contribution in [0.2, 0.25) is 0 Å². The number of H-pyrrole nitrogens is 1. The number of halogens is 3. The van der Waals surface area contributed by atoms with E-state index in [4.69, 9.17) is 0 Å². The summed E-state index contributed by atoms with van der Waals surface area (Å²) < 4.78 is 39.1. The molecule has 3 aromatic rings. The van der Waals surface area contributed by atoms with Gasteiger partial charge >= 0.3 is 0 Å². The van der Waals surface area contributed by atoms with E-state index in [0.717, 1.165) is 12.3 Å². The molecule has 2 aromatic heterocycles. The molecule has 21 heavy (non-hydrogen) atoms. The largest absolute Gasteiger partial charge is 0.329 e.